The van der Waals surface area contributed by atoms with Crippen LogP contribution in [0.25, 0.3) is 0 Å². The Morgan fingerprint density at radius 2 is 1.95 bits per heavy atom. The Kier molecular flexibility index (Phi) is 7.23. The minimum atomic E-state index is -0.118. The lowest BCUT2D eigenvalue weighted by atomic mass is 9.47. The van der Waals surface area contributed by atoms with Crippen LogP contribution in [0.1, 0.15) is 97.1 Å². The molecule has 41 heavy (non-hydrogen) atoms. The Hall–Kier alpha value is -1.62. The van der Waals surface area contributed by atoms with Crippen molar-refractivity contribution >= 4 is 11.6 Å². The molecule has 1 aromatic heterocycles. The van der Waals surface area contributed by atoms with E-state index in [4.69, 9.17) is 16.3 Å². The van der Waals surface area contributed by atoms with Gasteiger partial charge in [0.15, 0.2) is 0 Å². The molecule has 2 aromatic rings. The number of rotatable bonds is 6. The molecule has 1 aliphatic heterocycles. The lowest BCUT2D eigenvalue weighted by molar-refractivity contribution is -0.688. The number of fused-ring (bicyclic) bond motifs is 7. The first-order valence-corrected chi connectivity index (χ1v) is 16.9. The zero-order chi connectivity index (χ0) is 28.5. The van der Waals surface area contributed by atoms with Gasteiger partial charge in [-0.05, 0) is 123 Å². The summed E-state index contributed by atoms with van der Waals surface area (Å²) in [5, 5.41) is 11.1. The second-order valence-electron chi connectivity index (χ2n) is 15.1. The number of nitrogens with zero attached hydrogens (tertiary/aromatic N) is 2. The summed E-state index contributed by atoms with van der Waals surface area (Å²) in [6, 6.07) is 8.60. The average Bonchev–Trinajstić information content (AvgIpc) is 3.63. The van der Waals surface area contributed by atoms with Gasteiger partial charge in [0.2, 0.25) is 6.33 Å². The molecule has 11 atom stereocenters. The van der Waals surface area contributed by atoms with Crippen LogP contribution in [-0.4, -0.2) is 28.0 Å². The van der Waals surface area contributed by atoms with Crippen molar-refractivity contribution in [2.75, 3.05) is 0 Å². The van der Waals surface area contributed by atoms with Crippen molar-refractivity contribution in [3.8, 4) is 0 Å². The summed E-state index contributed by atoms with van der Waals surface area (Å²) < 4.78 is 11.6. The van der Waals surface area contributed by atoms with Gasteiger partial charge in [-0.1, -0.05) is 56.2 Å². The number of halogens is 1. The summed E-state index contributed by atoms with van der Waals surface area (Å²) in [7, 11) is 0. The Morgan fingerprint density at radius 1 is 1.15 bits per heavy atom. The zero-order valence-corrected chi connectivity index (χ0v) is 26.3. The summed E-state index contributed by atoms with van der Waals surface area (Å²) in [6.07, 6.45) is 20.5. The molecule has 3 saturated carbocycles. The topological polar surface area (TPSA) is 38.3 Å². The van der Waals surface area contributed by atoms with E-state index in [-0.39, 0.29) is 6.10 Å². The largest absolute Gasteiger partial charge is 0.393 e. The number of imidazole rings is 1. The third-order valence-electron chi connectivity index (χ3n) is 13.0. The van der Waals surface area contributed by atoms with Crippen molar-refractivity contribution in [3.05, 3.63) is 65.2 Å². The molecule has 5 aliphatic rings. The van der Waals surface area contributed by atoms with Gasteiger partial charge in [0.1, 0.15) is 18.9 Å². The maximum absolute atomic E-state index is 10.4. The number of aromatic nitrogens is 2. The molecule has 0 amide bonds. The first-order chi connectivity index (χ1) is 19.7. The molecule has 0 bridgehead atoms. The van der Waals surface area contributed by atoms with E-state index in [9.17, 15) is 5.11 Å². The van der Waals surface area contributed by atoms with Crippen LogP contribution in [-0.2, 0) is 11.3 Å². The molecule has 7 rings (SSSR count). The minimum absolute atomic E-state index is 0.118. The third-order valence-corrected chi connectivity index (χ3v) is 13.3. The SMILES string of the molecule is CC1C2C(C[C@H]3[C@@H]4CC=C5CC(O)CC[C@]5(C)[C@H]4CC[C@]23C)O[C@@H]1CC[C@@H](C)n1cc[n+](Cc2ccc(Cl)cc2)c1. The van der Waals surface area contributed by atoms with Gasteiger partial charge in [-0.2, -0.15) is 0 Å². The van der Waals surface area contributed by atoms with Crippen LogP contribution in [0.3, 0.4) is 0 Å². The van der Waals surface area contributed by atoms with E-state index in [2.05, 4.69) is 73.8 Å². The Bertz CT molecular complexity index is 1290. The number of hydrogen-bond donors (Lipinski definition) is 1. The predicted molar refractivity (Wildman–Crippen MR) is 164 cm³/mol. The summed E-state index contributed by atoms with van der Waals surface area (Å²) in [4.78, 5) is 0. The van der Waals surface area contributed by atoms with E-state index in [1.54, 1.807) is 5.57 Å². The molecular formula is C36H50ClN2O2+. The maximum atomic E-state index is 10.4. The van der Waals surface area contributed by atoms with E-state index in [0.717, 1.165) is 55.0 Å². The van der Waals surface area contributed by atoms with Crippen LogP contribution >= 0.6 is 11.6 Å². The molecule has 4 nitrogen and oxygen atoms in total. The van der Waals surface area contributed by atoms with Gasteiger partial charge in [0, 0.05) is 5.02 Å². The highest BCUT2D eigenvalue weighted by molar-refractivity contribution is 6.30. The van der Waals surface area contributed by atoms with Crippen molar-refractivity contribution in [2.45, 2.75) is 116 Å². The molecule has 4 fully saturated rings. The Morgan fingerprint density at radius 3 is 2.76 bits per heavy atom. The van der Waals surface area contributed by atoms with E-state index in [1.807, 2.05) is 12.1 Å². The van der Waals surface area contributed by atoms with E-state index < -0.39 is 0 Å². The van der Waals surface area contributed by atoms with Crippen molar-refractivity contribution in [2.24, 2.45) is 40.4 Å². The fourth-order valence-electron chi connectivity index (χ4n) is 10.8. The van der Waals surface area contributed by atoms with Crippen LogP contribution in [0.2, 0.25) is 5.02 Å². The third kappa shape index (κ3) is 4.75. The van der Waals surface area contributed by atoms with Gasteiger partial charge in [-0.15, -0.1) is 0 Å². The number of ether oxygens (including phenoxy) is 1. The zero-order valence-electron chi connectivity index (χ0n) is 25.5. The molecule has 5 heteroatoms. The van der Waals surface area contributed by atoms with Crippen LogP contribution in [0, 0.1) is 40.4 Å². The number of aliphatic hydroxyl groups excluding tert-OH is 1. The fraction of sp³-hybridized carbons (Fsp3) is 0.694. The highest BCUT2D eigenvalue weighted by atomic mass is 35.5. The molecule has 4 unspecified atom stereocenters. The van der Waals surface area contributed by atoms with Crippen LogP contribution < -0.4 is 4.57 Å². The van der Waals surface area contributed by atoms with Crippen LogP contribution in [0.5, 0.6) is 0 Å². The molecule has 222 valence electrons. The number of aliphatic hydroxyl groups is 1. The second-order valence-corrected chi connectivity index (χ2v) is 15.6. The lowest BCUT2D eigenvalue weighted by Gasteiger charge is -2.58. The fourth-order valence-corrected chi connectivity index (χ4v) is 10.9. The smallest absolute Gasteiger partial charge is 0.244 e. The molecular weight excluding hydrogens is 528 g/mol. The Balaban J connectivity index is 0.983. The number of allylic oxidation sites excluding steroid dienone is 1. The molecule has 1 aromatic carbocycles. The van der Waals surface area contributed by atoms with E-state index in [0.29, 0.717) is 40.9 Å². The van der Waals surface area contributed by atoms with Crippen molar-refractivity contribution in [3.63, 3.8) is 0 Å². The van der Waals surface area contributed by atoms with Gasteiger partial charge in [-0.25, -0.2) is 9.13 Å². The summed E-state index contributed by atoms with van der Waals surface area (Å²) in [6.45, 7) is 10.9. The average molecular weight is 578 g/mol. The Labute approximate surface area is 252 Å². The van der Waals surface area contributed by atoms with Gasteiger partial charge in [0.05, 0.1) is 24.4 Å². The summed E-state index contributed by atoms with van der Waals surface area (Å²) >= 11 is 6.06. The molecule has 0 radical (unpaired) electrons. The van der Waals surface area contributed by atoms with Gasteiger partial charge in [0.25, 0.3) is 0 Å². The van der Waals surface area contributed by atoms with E-state index in [1.165, 1.54) is 37.7 Å². The highest BCUT2D eigenvalue weighted by Crippen LogP contribution is 2.69. The monoisotopic (exact) mass is 577 g/mol. The predicted octanol–water partition coefficient (Wildman–Crippen LogP) is 7.77. The molecule has 2 heterocycles. The van der Waals surface area contributed by atoms with Gasteiger partial charge >= 0.3 is 0 Å². The number of hydrogen-bond acceptors (Lipinski definition) is 2. The summed E-state index contributed by atoms with van der Waals surface area (Å²) in [5.74, 6) is 3.71. The van der Waals surface area contributed by atoms with Gasteiger partial charge in [-0.3, -0.25) is 0 Å². The first-order valence-electron chi connectivity index (χ1n) is 16.5. The van der Waals surface area contributed by atoms with Crippen molar-refractivity contribution in [1.82, 2.24) is 4.57 Å². The van der Waals surface area contributed by atoms with Crippen LogP contribution in [0.4, 0.5) is 0 Å². The lowest BCUT2D eigenvalue weighted by Crippen LogP contribution is -2.51. The van der Waals surface area contributed by atoms with Crippen LogP contribution in [0.15, 0.2) is 54.6 Å². The summed E-state index contributed by atoms with van der Waals surface area (Å²) in [5.41, 5.74) is 3.57. The van der Waals surface area contributed by atoms with E-state index >= 15 is 0 Å². The van der Waals surface area contributed by atoms with Gasteiger partial charge < -0.3 is 9.84 Å². The standard InChI is InChI=1S/C36H50ClN2O2/c1-23(39-18-17-38(22-39)21-25-6-9-27(37)10-7-25)5-12-32-24(2)34-33(41-32)20-31-29-11-8-26-19-28(40)13-15-35(26,3)30(29)14-16-36(31,34)4/h6-10,17-18,22-24,28-34,40H,5,11-16,19-21H2,1-4H3/q+1/t23-,24?,28?,29-,30+,31+,32-,33?,34?,35+,36+/m1/s1. The molecule has 1 N–H and O–H groups in total. The minimum Gasteiger partial charge on any atom is -0.393 e. The quantitative estimate of drug-likeness (QED) is 0.281. The molecule has 1 saturated heterocycles. The number of benzene rings is 1. The van der Waals surface area contributed by atoms with Crippen molar-refractivity contribution in [1.29, 1.82) is 0 Å². The van der Waals surface area contributed by atoms with Crippen molar-refractivity contribution < 1.29 is 14.4 Å². The molecule has 4 aliphatic carbocycles. The normalized spacial score (nSPS) is 42.1. The second kappa shape index (κ2) is 10.5. The maximum Gasteiger partial charge on any atom is 0.244 e. The molecule has 0 spiro atoms. The first kappa shape index (κ1) is 28.2. The highest BCUT2D eigenvalue weighted by Gasteiger charge is 2.64.